The average molecular weight is 217 g/mol. The van der Waals surface area contributed by atoms with E-state index in [2.05, 4.69) is 15.3 Å². The molecule has 0 fully saturated rings. The summed E-state index contributed by atoms with van der Waals surface area (Å²) in [5.41, 5.74) is 5.36. The second kappa shape index (κ2) is 5.62. The highest BCUT2D eigenvalue weighted by molar-refractivity contribution is 6.32. The smallest absolute Gasteiger partial charge is 0.318 e. The van der Waals surface area contributed by atoms with Crippen LogP contribution >= 0.6 is 11.6 Å². The summed E-state index contributed by atoms with van der Waals surface area (Å²) < 4.78 is 4.87. The van der Waals surface area contributed by atoms with E-state index in [0.29, 0.717) is 23.4 Å². The first-order valence-electron chi connectivity index (χ1n) is 4.28. The van der Waals surface area contributed by atoms with Crippen LogP contribution in [0.15, 0.2) is 6.20 Å². The van der Waals surface area contributed by atoms with Crippen LogP contribution in [-0.2, 0) is 0 Å². The van der Waals surface area contributed by atoms with Crippen LogP contribution in [0.25, 0.3) is 0 Å². The molecule has 78 valence electrons. The van der Waals surface area contributed by atoms with Crippen molar-refractivity contribution in [3.8, 4) is 6.01 Å². The number of hydrogen-bond acceptors (Lipinski definition) is 5. The number of hydrogen-bond donors (Lipinski definition) is 2. The minimum atomic E-state index is 0.296. The van der Waals surface area contributed by atoms with Gasteiger partial charge in [-0.25, -0.2) is 4.98 Å². The molecule has 0 aliphatic carbocycles. The van der Waals surface area contributed by atoms with Crippen molar-refractivity contribution in [2.45, 2.75) is 6.42 Å². The molecule has 0 radical (unpaired) electrons. The molecule has 0 saturated carbocycles. The Balaban J connectivity index is 2.64. The van der Waals surface area contributed by atoms with Gasteiger partial charge in [-0.05, 0) is 13.0 Å². The number of nitrogens with zero attached hydrogens (tertiary/aromatic N) is 2. The molecular weight excluding hydrogens is 204 g/mol. The molecule has 14 heavy (non-hydrogen) atoms. The molecule has 0 atom stereocenters. The summed E-state index contributed by atoms with van der Waals surface area (Å²) >= 11 is 5.86. The van der Waals surface area contributed by atoms with Crippen LogP contribution in [-0.4, -0.2) is 30.2 Å². The van der Waals surface area contributed by atoms with Crippen LogP contribution in [0.4, 0.5) is 5.82 Å². The first-order chi connectivity index (χ1) is 6.77. The highest BCUT2D eigenvalue weighted by Crippen LogP contribution is 2.19. The van der Waals surface area contributed by atoms with Crippen LogP contribution in [0, 0.1) is 0 Å². The van der Waals surface area contributed by atoms with Crippen molar-refractivity contribution in [1.29, 1.82) is 0 Å². The highest BCUT2D eigenvalue weighted by Gasteiger charge is 2.04. The lowest BCUT2D eigenvalue weighted by Crippen LogP contribution is -2.10. The van der Waals surface area contributed by atoms with E-state index in [-0.39, 0.29) is 0 Å². The maximum Gasteiger partial charge on any atom is 0.318 e. The summed E-state index contributed by atoms with van der Waals surface area (Å²) in [5, 5.41) is 3.52. The number of methoxy groups -OCH3 is 1. The van der Waals surface area contributed by atoms with E-state index in [9.17, 15) is 0 Å². The van der Waals surface area contributed by atoms with Gasteiger partial charge in [-0.2, -0.15) is 4.98 Å². The zero-order chi connectivity index (χ0) is 10.4. The number of halogens is 1. The molecule has 0 aliphatic heterocycles. The number of ether oxygens (including phenoxy) is 1. The molecule has 0 spiro atoms. The molecule has 3 N–H and O–H groups in total. The molecule has 1 aromatic heterocycles. The minimum absolute atomic E-state index is 0.296. The molecule has 6 heteroatoms. The van der Waals surface area contributed by atoms with E-state index < -0.39 is 0 Å². The minimum Gasteiger partial charge on any atom is -0.467 e. The third kappa shape index (κ3) is 3.01. The van der Waals surface area contributed by atoms with Gasteiger partial charge in [-0.3, -0.25) is 0 Å². The summed E-state index contributed by atoms with van der Waals surface area (Å²) in [6, 6.07) is 0.296. The fourth-order valence-electron chi connectivity index (χ4n) is 0.882. The predicted molar refractivity (Wildman–Crippen MR) is 55.8 cm³/mol. The Morgan fingerprint density at radius 3 is 3.07 bits per heavy atom. The van der Waals surface area contributed by atoms with E-state index in [1.807, 2.05) is 0 Å². The fraction of sp³-hybridized carbons (Fsp3) is 0.500. The van der Waals surface area contributed by atoms with Crippen molar-refractivity contribution in [3.63, 3.8) is 0 Å². The lowest BCUT2D eigenvalue weighted by molar-refractivity contribution is 0.380. The fourth-order valence-corrected chi connectivity index (χ4v) is 1.04. The van der Waals surface area contributed by atoms with Crippen molar-refractivity contribution in [2.24, 2.45) is 5.73 Å². The second-order valence-corrected chi connectivity index (χ2v) is 3.03. The van der Waals surface area contributed by atoms with Gasteiger partial charge in [0.2, 0.25) is 0 Å². The number of nitrogens with one attached hydrogen (secondary N) is 1. The summed E-state index contributed by atoms with van der Waals surface area (Å²) in [6.45, 7) is 1.36. The van der Waals surface area contributed by atoms with Gasteiger partial charge in [0.25, 0.3) is 0 Å². The maximum absolute atomic E-state index is 5.86. The van der Waals surface area contributed by atoms with E-state index >= 15 is 0 Å². The first-order valence-corrected chi connectivity index (χ1v) is 4.66. The van der Waals surface area contributed by atoms with Crippen LogP contribution in [0.3, 0.4) is 0 Å². The zero-order valence-electron chi connectivity index (χ0n) is 7.96. The number of aromatic nitrogens is 2. The Kier molecular flexibility index (Phi) is 4.42. The van der Waals surface area contributed by atoms with Crippen molar-refractivity contribution >= 4 is 17.4 Å². The molecule has 0 aliphatic rings. The lowest BCUT2D eigenvalue weighted by atomic mass is 10.4. The van der Waals surface area contributed by atoms with Crippen LogP contribution in [0.1, 0.15) is 6.42 Å². The zero-order valence-corrected chi connectivity index (χ0v) is 8.71. The third-order valence-electron chi connectivity index (χ3n) is 1.58. The lowest BCUT2D eigenvalue weighted by Gasteiger charge is -2.06. The van der Waals surface area contributed by atoms with Crippen LogP contribution < -0.4 is 15.8 Å². The van der Waals surface area contributed by atoms with Gasteiger partial charge in [-0.1, -0.05) is 11.6 Å². The number of rotatable bonds is 5. The monoisotopic (exact) mass is 216 g/mol. The van der Waals surface area contributed by atoms with Crippen molar-refractivity contribution in [1.82, 2.24) is 9.97 Å². The summed E-state index contributed by atoms with van der Waals surface area (Å²) in [6.07, 6.45) is 2.36. The van der Waals surface area contributed by atoms with Gasteiger partial charge in [0.15, 0.2) is 5.82 Å². The van der Waals surface area contributed by atoms with Gasteiger partial charge in [0.1, 0.15) is 5.02 Å². The van der Waals surface area contributed by atoms with Crippen molar-refractivity contribution in [3.05, 3.63) is 11.2 Å². The molecule has 0 amide bonds. The van der Waals surface area contributed by atoms with Crippen LogP contribution in [0.2, 0.25) is 5.02 Å². The summed E-state index contributed by atoms with van der Waals surface area (Å²) in [4.78, 5) is 7.90. The molecule has 0 bridgehead atoms. The molecule has 1 heterocycles. The van der Waals surface area contributed by atoms with E-state index in [4.69, 9.17) is 22.1 Å². The molecule has 0 unspecified atom stereocenters. The summed E-state index contributed by atoms with van der Waals surface area (Å²) in [7, 11) is 1.51. The SMILES string of the molecule is COc1ncc(Cl)c(NCCCN)n1. The number of anilines is 1. The van der Waals surface area contributed by atoms with E-state index in [0.717, 1.165) is 13.0 Å². The second-order valence-electron chi connectivity index (χ2n) is 2.62. The molecule has 1 aromatic rings. The standard InChI is InChI=1S/C8H13ClN4O/c1-14-8-12-5-6(9)7(13-8)11-4-2-3-10/h5H,2-4,10H2,1H3,(H,11,12,13). The van der Waals surface area contributed by atoms with Gasteiger partial charge >= 0.3 is 6.01 Å². The van der Waals surface area contributed by atoms with E-state index in [1.54, 1.807) is 0 Å². The van der Waals surface area contributed by atoms with Gasteiger partial charge in [0, 0.05) is 6.54 Å². The van der Waals surface area contributed by atoms with Gasteiger partial charge < -0.3 is 15.8 Å². The highest BCUT2D eigenvalue weighted by atomic mass is 35.5. The summed E-state index contributed by atoms with van der Waals surface area (Å²) in [5.74, 6) is 0.576. The van der Waals surface area contributed by atoms with Crippen molar-refractivity contribution in [2.75, 3.05) is 25.5 Å². The topological polar surface area (TPSA) is 73.1 Å². The largest absolute Gasteiger partial charge is 0.467 e. The molecular formula is C8H13ClN4O. The number of nitrogens with two attached hydrogens (primary N) is 1. The quantitative estimate of drug-likeness (QED) is 0.716. The Hall–Kier alpha value is -1.07. The molecule has 1 rings (SSSR count). The molecule has 0 saturated heterocycles. The molecule has 0 aromatic carbocycles. The normalized spacial score (nSPS) is 9.93. The van der Waals surface area contributed by atoms with Crippen LogP contribution in [0.5, 0.6) is 6.01 Å². The Morgan fingerprint density at radius 2 is 2.43 bits per heavy atom. The Labute approximate surface area is 87.6 Å². The third-order valence-corrected chi connectivity index (χ3v) is 1.85. The molecule has 5 nitrogen and oxygen atoms in total. The van der Waals surface area contributed by atoms with Gasteiger partial charge in [0.05, 0.1) is 13.3 Å². The van der Waals surface area contributed by atoms with Crippen molar-refractivity contribution < 1.29 is 4.74 Å². The average Bonchev–Trinajstić information content (AvgIpc) is 2.21. The Morgan fingerprint density at radius 1 is 1.64 bits per heavy atom. The van der Waals surface area contributed by atoms with E-state index in [1.165, 1.54) is 13.3 Å². The Bertz CT molecular complexity index is 295. The maximum atomic E-state index is 5.86. The van der Waals surface area contributed by atoms with Gasteiger partial charge in [-0.15, -0.1) is 0 Å². The first kappa shape index (κ1) is 11.0. The predicted octanol–water partition coefficient (Wildman–Crippen LogP) is 0.899.